The van der Waals surface area contributed by atoms with Gasteiger partial charge in [-0.15, -0.1) is 0 Å². The van der Waals surface area contributed by atoms with Gasteiger partial charge >= 0.3 is 0 Å². The van der Waals surface area contributed by atoms with Crippen molar-refractivity contribution in [3.63, 3.8) is 0 Å². The van der Waals surface area contributed by atoms with Crippen LogP contribution in [0.3, 0.4) is 0 Å². The lowest BCUT2D eigenvalue weighted by atomic mass is 10.0. The molecule has 1 fully saturated rings. The van der Waals surface area contributed by atoms with Crippen LogP contribution >= 0.6 is 0 Å². The number of carbonyl (C=O) groups is 1. The molecule has 2 aromatic rings. The van der Waals surface area contributed by atoms with Crippen LogP contribution in [0.1, 0.15) is 50.3 Å². The first-order chi connectivity index (χ1) is 14.2. The number of hydrogen-bond acceptors (Lipinski definition) is 3. The third-order valence-corrected chi connectivity index (χ3v) is 5.96. The third-order valence-electron chi connectivity index (χ3n) is 5.96. The molecule has 1 saturated heterocycles. The highest BCUT2D eigenvalue weighted by molar-refractivity contribution is 5.78. The molecule has 30 heavy (non-hydrogen) atoms. The predicted molar refractivity (Wildman–Crippen MR) is 118 cm³/mol. The Bertz CT molecular complexity index is 866. The van der Waals surface area contributed by atoms with Gasteiger partial charge in [0.1, 0.15) is 11.6 Å². The monoisotopic (exact) mass is 412 g/mol. The van der Waals surface area contributed by atoms with Gasteiger partial charge in [0.2, 0.25) is 0 Å². The first kappa shape index (κ1) is 22.3. The van der Waals surface area contributed by atoms with Crippen molar-refractivity contribution in [2.45, 2.75) is 59.2 Å². The topological polar surface area (TPSA) is 32.8 Å². The molecule has 0 N–H and O–H groups in total. The number of ether oxygens (including phenoxy) is 1. The molecule has 1 amide bonds. The van der Waals surface area contributed by atoms with Crippen LogP contribution in [0.15, 0.2) is 42.5 Å². The van der Waals surface area contributed by atoms with Gasteiger partial charge in [-0.05, 0) is 61.6 Å². The molecule has 5 heteroatoms. The van der Waals surface area contributed by atoms with Crippen LogP contribution in [0.2, 0.25) is 0 Å². The van der Waals surface area contributed by atoms with Crippen LogP contribution in [0.25, 0.3) is 0 Å². The molecule has 162 valence electrons. The smallest absolute Gasteiger partial charge is 0.260 e. The highest BCUT2D eigenvalue weighted by atomic mass is 19.1. The second kappa shape index (κ2) is 9.61. The van der Waals surface area contributed by atoms with E-state index in [4.69, 9.17) is 4.74 Å². The van der Waals surface area contributed by atoms with Gasteiger partial charge in [0.25, 0.3) is 5.91 Å². The first-order valence-corrected chi connectivity index (χ1v) is 10.8. The number of halogens is 1. The quantitative estimate of drug-likeness (QED) is 0.686. The fraction of sp³-hybridized carbons (Fsp3) is 0.480. The van der Waals surface area contributed by atoms with Crippen molar-refractivity contribution in [3.8, 4) is 5.75 Å². The normalized spacial score (nSPS) is 19.9. The average molecular weight is 413 g/mol. The van der Waals surface area contributed by atoms with Crippen molar-refractivity contribution < 1.29 is 13.9 Å². The summed E-state index contributed by atoms with van der Waals surface area (Å²) in [5.41, 5.74) is 3.33. The standard InChI is InChI=1S/C25H33FN2O2/c1-17(2)22-9-6-18(3)24(12-22)30-16-25(29)28-14-19(4)27(13-20(28)5)15-21-7-10-23(26)11-8-21/h6-12,17,19-20H,13-16H2,1-5H3. The van der Waals surface area contributed by atoms with Gasteiger partial charge in [0.05, 0.1) is 0 Å². The summed E-state index contributed by atoms with van der Waals surface area (Å²) in [4.78, 5) is 17.2. The number of piperazine rings is 1. The van der Waals surface area contributed by atoms with Crippen LogP contribution in [0, 0.1) is 12.7 Å². The van der Waals surface area contributed by atoms with E-state index in [1.807, 2.05) is 36.1 Å². The summed E-state index contributed by atoms with van der Waals surface area (Å²) in [6, 6.07) is 13.2. The Morgan fingerprint density at radius 3 is 2.47 bits per heavy atom. The number of benzene rings is 2. The highest BCUT2D eigenvalue weighted by Crippen LogP contribution is 2.25. The van der Waals surface area contributed by atoms with Gasteiger partial charge in [-0.1, -0.05) is 38.1 Å². The molecule has 3 rings (SSSR count). The molecule has 4 nitrogen and oxygen atoms in total. The van der Waals surface area contributed by atoms with E-state index in [1.165, 1.54) is 17.7 Å². The summed E-state index contributed by atoms with van der Waals surface area (Å²) in [7, 11) is 0. The number of nitrogens with zero attached hydrogens (tertiary/aromatic N) is 2. The van der Waals surface area contributed by atoms with Gasteiger partial charge in [0, 0.05) is 31.7 Å². The summed E-state index contributed by atoms with van der Waals surface area (Å²) in [6.45, 7) is 12.8. The molecule has 1 aliphatic heterocycles. The Morgan fingerprint density at radius 1 is 1.10 bits per heavy atom. The Hall–Kier alpha value is -2.40. The number of rotatable bonds is 6. The molecule has 0 saturated carbocycles. The van der Waals surface area contributed by atoms with Gasteiger partial charge in [-0.3, -0.25) is 9.69 Å². The van der Waals surface area contributed by atoms with Crippen molar-refractivity contribution in [2.24, 2.45) is 0 Å². The maximum atomic E-state index is 13.2. The molecule has 0 radical (unpaired) electrons. The lowest BCUT2D eigenvalue weighted by molar-refractivity contribution is -0.139. The molecule has 0 spiro atoms. The van der Waals surface area contributed by atoms with Crippen molar-refractivity contribution in [3.05, 3.63) is 65.0 Å². The maximum absolute atomic E-state index is 13.2. The number of hydrogen-bond donors (Lipinski definition) is 0. The van der Waals surface area contributed by atoms with E-state index in [2.05, 4.69) is 38.7 Å². The summed E-state index contributed by atoms with van der Waals surface area (Å²) in [5.74, 6) is 0.999. The van der Waals surface area contributed by atoms with Gasteiger partial charge in [0.15, 0.2) is 6.61 Å². The Balaban J connectivity index is 1.58. The average Bonchev–Trinajstić information content (AvgIpc) is 2.71. The zero-order valence-corrected chi connectivity index (χ0v) is 18.7. The Kier molecular flexibility index (Phi) is 7.14. The SMILES string of the molecule is Cc1ccc(C(C)C)cc1OCC(=O)N1CC(C)N(Cc2ccc(F)cc2)CC1C. The number of amides is 1. The summed E-state index contributed by atoms with van der Waals surface area (Å²) < 4.78 is 19.1. The fourth-order valence-corrected chi connectivity index (χ4v) is 3.94. The van der Waals surface area contributed by atoms with E-state index in [0.29, 0.717) is 12.5 Å². The van der Waals surface area contributed by atoms with E-state index >= 15 is 0 Å². The molecule has 1 aliphatic rings. The molecule has 2 unspecified atom stereocenters. The Labute approximate surface area is 179 Å². The number of aryl methyl sites for hydroxylation is 1. The summed E-state index contributed by atoms with van der Waals surface area (Å²) >= 11 is 0. The van der Waals surface area contributed by atoms with Gasteiger partial charge in [-0.2, -0.15) is 0 Å². The molecule has 0 aliphatic carbocycles. The second-order valence-corrected chi connectivity index (χ2v) is 8.77. The van der Waals surface area contributed by atoms with Crippen molar-refractivity contribution >= 4 is 5.91 Å². The van der Waals surface area contributed by atoms with E-state index in [-0.39, 0.29) is 30.4 Å². The summed E-state index contributed by atoms with van der Waals surface area (Å²) in [6.07, 6.45) is 0. The van der Waals surface area contributed by atoms with Crippen LogP contribution in [0.5, 0.6) is 5.75 Å². The fourth-order valence-electron chi connectivity index (χ4n) is 3.94. The van der Waals surface area contributed by atoms with Gasteiger partial charge < -0.3 is 9.64 Å². The predicted octanol–water partition coefficient (Wildman–Crippen LogP) is 4.76. The molecular weight excluding hydrogens is 379 g/mol. The molecular formula is C25H33FN2O2. The summed E-state index contributed by atoms with van der Waals surface area (Å²) in [5, 5.41) is 0. The number of carbonyl (C=O) groups excluding carboxylic acids is 1. The largest absolute Gasteiger partial charge is 0.483 e. The first-order valence-electron chi connectivity index (χ1n) is 10.8. The van der Waals surface area contributed by atoms with Crippen LogP contribution in [-0.4, -0.2) is 47.5 Å². The molecule has 2 aromatic carbocycles. The van der Waals surface area contributed by atoms with Crippen LogP contribution in [-0.2, 0) is 11.3 Å². The second-order valence-electron chi connectivity index (χ2n) is 8.77. The lowest BCUT2D eigenvalue weighted by Gasteiger charge is -2.44. The van der Waals surface area contributed by atoms with E-state index in [9.17, 15) is 9.18 Å². The van der Waals surface area contributed by atoms with Gasteiger partial charge in [-0.25, -0.2) is 4.39 Å². The van der Waals surface area contributed by atoms with Crippen LogP contribution in [0.4, 0.5) is 4.39 Å². The molecule has 1 heterocycles. The minimum atomic E-state index is -0.218. The molecule has 0 bridgehead atoms. The Morgan fingerprint density at radius 2 is 1.80 bits per heavy atom. The highest BCUT2D eigenvalue weighted by Gasteiger charge is 2.32. The minimum absolute atomic E-state index is 0.0186. The van der Waals surface area contributed by atoms with Crippen molar-refractivity contribution in [2.75, 3.05) is 19.7 Å². The van der Waals surface area contributed by atoms with Crippen LogP contribution < -0.4 is 4.74 Å². The maximum Gasteiger partial charge on any atom is 0.260 e. The zero-order valence-electron chi connectivity index (χ0n) is 18.7. The van der Waals surface area contributed by atoms with E-state index in [0.717, 1.165) is 30.0 Å². The molecule has 2 atom stereocenters. The van der Waals surface area contributed by atoms with Crippen molar-refractivity contribution in [1.82, 2.24) is 9.80 Å². The van der Waals surface area contributed by atoms with Crippen molar-refractivity contribution in [1.29, 1.82) is 0 Å². The molecule has 0 aromatic heterocycles. The third kappa shape index (κ3) is 5.39. The lowest BCUT2D eigenvalue weighted by Crippen LogP contribution is -2.58. The zero-order chi connectivity index (χ0) is 21.8. The van der Waals surface area contributed by atoms with E-state index in [1.54, 1.807) is 0 Å². The minimum Gasteiger partial charge on any atom is -0.483 e. The van der Waals surface area contributed by atoms with E-state index < -0.39 is 0 Å².